The van der Waals surface area contributed by atoms with Crippen molar-refractivity contribution >= 4 is 11.7 Å². The molecule has 0 bridgehead atoms. The number of aromatic nitrogens is 1. The highest BCUT2D eigenvalue weighted by molar-refractivity contribution is 5.80. The van der Waals surface area contributed by atoms with E-state index in [1.807, 2.05) is 24.0 Å². The van der Waals surface area contributed by atoms with Crippen molar-refractivity contribution in [3.05, 3.63) is 23.9 Å². The molecule has 0 saturated carbocycles. The lowest BCUT2D eigenvalue weighted by molar-refractivity contribution is -0.127. The minimum Gasteiger partial charge on any atom is -0.347 e. The molecular weight excluding hydrogens is 228 g/mol. The molecule has 0 aliphatic carbocycles. The number of carbonyl (C=O) groups excluding carboxylic acids is 1. The third-order valence-corrected chi connectivity index (χ3v) is 2.49. The summed E-state index contributed by atoms with van der Waals surface area (Å²) in [5.74, 6) is 0.693. The average Bonchev–Trinajstić information content (AvgIpc) is 2.38. The number of nitrogens with zero attached hydrogens (tertiary/aromatic N) is 4. The van der Waals surface area contributed by atoms with Gasteiger partial charge in [0.05, 0.1) is 6.54 Å². The van der Waals surface area contributed by atoms with Crippen LogP contribution in [0.15, 0.2) is 18.2 Å². The SMILES string of the molecule is CCCN(CC(=O)N(C)C)c1cccc(C#N)n1. The van der Waals surface area contributed by atoms with Crippen LogP contribution >= 0.6 is 0 Å². The Hall–Kier alpha value is -2.09. The van der Waals surface area contributed by atoms with Crippen molar-refractivity contribution in [1.29, 1.82) is 5.26 Å². The fourth-order valence-corrected chi connectivity index (χ4v) is 1.51. The largest absolute Gasteiger partial charge is 0.347 e. The Bertz CT molecular complexity index is 451. The zero-order valence-electron chi connectivity index (χ0n) is 11.1. The normalized spacial score (nSPS) is 9.67. The summed E-state index contributed by atoms with van der Waals surface area (Å²) < 4.78 is 0. The molecule has 0 unspecified atom stereocenters. The molecule has 5 nitrogen and oxygen atoms in total. The highest BCUT2D eigenvalue weighted by Gasteiger charge is 2.13. The van der Waals surface area contributed by atoms with Crippen LogP contribution in [0.1, 0.15) is 19.0 Å². The van der Waals surface area contributed by atoms with Gasteiger partial charge < -0.3 is 9.80 Å². The van der Waals surface area contributed by atoms with Gasteiger partial charge in [-0.2, -0.15) is 5.26 Å². The highest BCUT2D eigenvalue weighted by Crippen LogP contribution is 2.11. The van der Waals surface area contributed by atoms with Gasteiger partial charge in [0.15, 0.2) is 0 Å². The van der Waals surface area contributed by atoms with Crippen molar-refractivity contribution in [3.8, 4) is 6.07 Å². The first-order valence-electron chi connectivity index (χ1n) is 5.90. The van der Waals surface area contributed by atoms with Gasteiger partial charge in [0.25, 0.3) is 0 Å². The van der Waals surface area contributed by atoms with Crippen LogP contribution in [0.5, 0.6) is 0 Å². The molecule has 1 aromatic rings. The monoisotopic (exact) mass is 246 g/mol. The smallest absolute Gasteiger partial charge is 0.241 e. The fraction of sp³-hybridized carbons (Fsp3) is 0.462. The van der Waals surface area contributed by atoms with E-state index in [2.05, 4.69) is 4.98 Å². The summed E-state index contributed by atoms with van der Waals surface area (Å²) in [4.78, 5) is 19.4. The third kappa shape index (κ3) is 3.74. The Morgan fingerprint density at radius 1 is 1.44 bits per heavy atom. The molecular formula is C13H18N4O. The van der Waals surface area contributed by atoms with E-state index in [0.717, 1.165) is 13.0 Å². The van der Waals surface area contributed by atoms with Crippen LogP contribution in [-0.4, -0.2) is 43.0 Å². The van der Waals surface area contributed by atoms with Crippen molar-refractivity contribution in [1.82, 2.24) is 9.88 Å². The lowest BCUT2D eigenvalue weighted by Gasteiger charge is -2.24. The Morgan fingerprint density at radius 3 is 2.72 bits per heavy atom. The molecule has 0 spiro atoms. The highest BCUT2D eigenvalue weighted by atomic mass is 16.2. The maximum Gasteiger partial charge on any atom is 0.241 e. The van der Waals surface area contributed by atoms with Crippen LogP contribution in [0.25, 0.3) is 0 Å². The molecule has 1 amide bonds. The Morgan fingerprint density at radius 2 is 2.17 bits per heavy atom. The van der Waals surface area contributed by atoms with E-state index in [4.69, 9.17) is 5.26 Å². The van der Waals surface area contributed by atoms with Crippen LogP contribution in [0, 0.1) is 11.3 Å². The van der Waals surface area contributed by atoms with Gasteiger partial charge in [0.1, 0.15) is 17.6 Å². The first kappa shape index (κ1) is 14.0. The van der Waals surface area contributed by atoms with Crippen molar-refractivity contribution in [3.63, 3.8) is 0 Å². The van der Waals surface area contributed by atoms with Crippen molar-refractivity contribution in [2.24, 2.45) is 0 Å². The van der Waals surface area contributed by atoms with E-state index in [1.165, 1.54) is 0 Å². The lowest BCUT2D eigenvalue weighted by Crippen LogP contribution is -2.37. The summed E-state index contributed by atoms with van der Waals surface area (Å²) in [6.07, 6.45) is 0.916. The van der Waals surface area contributed by atoms with E-state index in [9.17, 15) is 4.79 Å². The van der Waals surface area contributed by atoms with E-state index in [-0.39, 0.29) is 12.5 Å². The fourth-order valence-electron chi connectivity index (χ4n) is 1.51. The molecule has 0 atom stereocenters. The maximum absolute atomic E-state index is 11.7. The van der Waals surface area contributed by atoms with Crippen LogP contribution in [0.3, 0.4) is 0 Å². The number of anilines is 1. The van der Waals surface area contributed by atoms with E-state index in [1.54, 1.807) is 31.1 Å². The van der Waals surface area contributed by atoms with Crippen LogP contribution in [0.2, 0.25) is 0 Å². The Labute approximate surface area is 108 Å². The van der Waals surface area contributed by atoms with Crippen molar-refractivity contribution in [2.75, 3.05) is 32.1 Å². The quantitative estimate of drug-likeness (QED) is 0.784. The minimum atomic E-state index is 0.0209. The van der Waals surface area contributed by atoms with Crippen LogP contribution < -0.4 is 4.90 Å². The van der Waals surface area contributed by atoms with Gasteiger partial charge >= 0.3 is 0 Å². The maximum atomic E-state index is 11.7. The van der Waals surface area contributed by atoms with Crippen molar-refractivity contribution < 1.29 is 4.79 Å². The second kappa shape index (κ2) is 6.60. The van der Waals surface area contributed by atoms with Crippen molar-refractivity contribution in [2.45, 2.75) is 13.3 Å². The van der Waals surface area contributed by atoms with E-state index < -0.39 is 0 Å². The molecule has 18 heavy (non-hydrogen) atoms. The standard InChI is InChI=1S/C13H18N4O/c1-4-8-17(10-13(18)16(2)3)12-7-5-6-11(9-14)15-12/h5-7H,4,8,10H2,1-3H3. The number of hydrogen-bond donors (Lipinski definition) is 0. The van der Waals surface area contributed by atoms with Gasteiger partial charge in [-0.25, -0.2) is 4.98 Å². The zero-order chi connectivity index (χ0) is 13.5. The molecule has 0 aliphatic rings. The second-order valence-corrected chi connectivity index (χ2v) is 4.20. The molecule has 1 aromatic heterocycles. The van der Waals surface area contributed by atoms with E-state index in [0.29, 0.717) is 11.5 Å². The number of hydrogen-bond acceptors (Lipinski definition) is 4. The summed E-state index contributed by atoms with van der Waals surface area (Å²) in [6, 6.07) is 7.26. The molecule has 0 radical (unpaired) electrons. The molecule has 0 N–H and O–H groups in total. The van der Waals surface area contributed by atoms with Gasteiger partial charge in [-0.1, -0.05) is 13.0 Å². The lowest BCUT2D eigenvalue weighted by atomic mass is 10.3. The first-order chi connectivity index (χ1) is 8.58. The molecule has 0 saturated heterocycles. The summed E-state index contributed by atoms with van der Waals surface area (Å²) in [5.41, 5.74) is 0.367. The van der Waals surface area contributed by atoms with Crippen LogP contribution in [0.4, 0.5) is 5.82 Å². The summed E-state index contributed by atoms with van der Waals surface area (Å²) in [6.45, 7) is 3.06. The molecule has 0 aromatic carbocycles. The Balaban J connectivity index is 2.90. The van der Waals surface area contributed by atoms with Gasteiger partial charge in [0, 0.05) is 20.6 Å². The molecule has 0 aliphatic heterocycles. The zero-order valence-corrected chi connectivity index (χ0v) is 11.1. The summed E-state index contributed by atoms with van der Waals surface area (Å²) in [5, 5.41) is 8.84. The average molecular weight is 246 g/mol. The van der Waals surface area contributed by atoms with Gasteiger partial charge in [-0.15, -0.1) is 0 Å². The molecule has 96 valence electrons. The third-order valence-electron chi connectivity index (χ3n) is 2.49. The van der Waals surface area contributed by atoms with E-state index >= 15 is 0 Å². The Kier molecular flexibility index (Phi) is 5.12. The number of amides is 1. The number of rotatable bonds is 5. The van der Waals surface area contributed by atoms with Gasteiger partial charge in [-0.05, 0) is 18.6 Å². The second-order valence-electron chi connectivity index (χ2n) is 4.20. The number of nitriles is 1. The summed E-state index contributed by atoms with van der Waals surface area (Å²) in [7, 11) is 3.46. The van der Waals surface area contributed by atoms with Gasteiger partial charge in [0.2, 0.25) is 5.91 Å². The number of likely N-dealkylation sites (N-methyl/N-ethyl adjacent to an activating group) is 1. The predicted octanol–water partition coefficient (Wildman–Crippen LogP) is 1.26. The summed E-state index contributed by atoms with van der Waals surface area (Å²) >= 11 is 0. The number of carbonyl (C=O) groups is 1. The minimum absolute atomic E-state index is 0.0209. The van der Waals surface area contributed by atoms with Gasteiger partial charge in [-0.3, -0.25) is 4.79 Å². The molecule has 0 fully saturated rings. The molecule has 1 rings (SSSR count). The number of pyridine rings is 1. The molecule has 1 heterocycles. The topological polar surface area (TPSA) is 60.2 Å². The van der Waals surface area contributed by atoms with Crippen LogP contribution in [-0.2, 0) is 4.79 Å². The molecule has 5 heteroatoms. The predicted molar refractivity (Wildman–Crippen MR) is 70.2 cm³/mol. The first-order valence-corrected chi connectivity index (χ1v) is 5.90.